The molecule has 5 nitrogen and oxygen atoms in total. The van der Waals surface area contributed by atoms with Crippen LogP contribution >= 0.6 is 0 Å². The lowest BCUT2D eigenvalue weighted by Gasteiger charge is -2.25. The molecule has 0 bridgehead atoms. The molecule has 5 heteroatoms. The second-order valence-corrected chi connectivity index (χ2v) is 4.12. The lowest BCUT2D eigenvalue weighted by atomic mass is 9.99. The molecule has 16 heavy (non-hydrogen) atoms. The number of carbonyl (C=O) groups is 1. The third-order valence-corrected chi connectivity index (χ3v) is 2.89. The molecule has 1 fully saturated rings. The smallest absolute Gasteiger partial charge is 0.226 e. The Labute approximate surface area is 94.8 Å². The number of ether oxygens (including phenoxy) is 1. The van der Waals surface area contributed by atoms with E-state index in [0.29, 0.717) is 19.8 Å². The zero-order chi connectivity index (χ0) is 11.4. The minimum atomic E-state index is 0.119. The van der Waals surface area contributed by atoms with Gasteiger partial charge in [-0.05, 0) is 12.8 Å². The number of hydrogen-bond donors (Lipinski definition) is 1. The van der Waals surface area contributed by atoms with Crippen LogP contribution < -0.4 is 0 Å². The Morgan fingerprint density at radius 1 is 1.62 bits per heavy atom. The summed E-state index contributed by atoms with van der Waals surface area (Å²) in [6.07, 6.45) is 5.13. The van der Waals surface area contributed by atoms with Crippen LogP contribution in [-0.4, -0.2) is 41.0 Å². The van der Waals surface area contributed by atoms with Crippen LogP contribution in [0.1, 0.15) is 18.7 Å². The number of H-pyrrole nitrogens is 1. The van der Waals surface area contributed by atoms with E-state index in [4.69, 9.17) is 4.74 Å². The van der Waals surface area contributed by atoms with Crippen LogP contribution in [0, 0.1) is 5.92 Å². The second kappa shape index (κ2) is 5.12. The maximum Gasteiger partial charge on any atom is 0.226 e. The van der Waals surface area contributed by atoms with Crippen molar-refractivity contribution in [2.24, 2.45) is 5.92 Å². The van der Waals surface area contributed by atoms with Crippen molar-refractivity contribution in [3.05, 3.63) is 18.2 Å². The average molecular weight is 223 g/mol. The molecule has 0 aliphatic carbocycles. The summed E-state index contributed by atoms with van der Waals surface area (Å²) in [6, 6.07) is 0. The van der Waals surface area contributed by atoms with Crippen LogP contribution in [0.5, 0.6) is 0 Å². The Balaban J connectivity index is 1.88. The summed E-state index contributed by atoms with van der Waals surface area (Å²) in [7, 11) is 1.82. The van der Waals surface area contributed by atoms with E-state index in [2.05, 4.69) is 9.97 Å². The molecule has 0 spiro atoms. The zero-order valence-electron chi connectivity index (χ0n) is 9.48. The molecule has 1 aliphatic heterocycles. The van der Waals surface area contributed by atoms with E-state index in [1.54, 1.807) is 17.3 Å². The van der Waals surface area contributed by atoms with Gasteiger partial charge in [0.1, 0.15) is 5.82 Å². The molecule has 1 amide bonds. The molecule has 0 atom stereocenters. The molecular weight excluding hydrogens is 206 g/mol. The second-order valence-electron chi connectivity index (χ2n) is 4.12. The van der Waals surface area contributed by atoms with Crippen LogP contribution in [0.2, 0.25) is 0 Å². The SMILES string of the molecule is CN(Cc1ncc[nH]1)C(=O)C1CCOCC1. The maximum atomic E-state index is 12.1. The molecule has 0 aromatic carbocycles. The van der Waals surface area contributed by atoms with Gasteiger partial charge in [-0.3, -0.25) is 4.79 Å². The maximum absolute atomic E-state index is 12.1. The van der Waals surface area contributed by atoms with Gasteiger partial charge in [-0.1, -0.05) is 0 Å². The Kier molecular flexibility index (Phi) is 3.56. The molecular formula is C11H17N3O2. The van der Waals surface area contributed by atoms with Crippen molar-refractivity contribution in [2.75, 3.05) is 20.3 Å². The van der Waals surface area contributed by atoms with Gasteiger partial charge < -0.3 is 14.6 Å². The molecule has 2 heterocycles. The molecule has 1 N–H and O–H groups in total. The first-order valence-corrected chi connectivity index (χ1v) is 5.58. The van der Waals surface area contributed by atoms with Crippen molar-refractivity contribution in [3.8, 4) is 0 Å². The van der Waals surface area contributed by atoms with Gasteiger partial charge in [-0.25, -0.2) is 4.98 Å². The lowest BCUT2D eigenvalue weighted by Crippen LogP contribution is -2.35. The van der Waals surface area contributed by atoms with Crippen molar-refractivity contribution in [1.82, 2.24) is 14.9 Å². The fourth-order valence-electron chi connectivity index (χ4n) is 1.94. The molecule has 0 unspecified atom stereocenters. The first-order valence-electron chi connectivity index (χ1n) is 5.58. The summed E-state index contributed by atoms with van der Waals surface area (Å²) < 4.78 is 5.25. The van der Waals surface area contributed by atoms with Gasteiger partial charge in [0.2, 0.25) is 5.91 Å². The number of amides is 1. The van der Waals surface area contributed by atoms with E-state index < -0.39 is 0 Å². The Morgan fingerprint density at radius 3 is 3.00 bits per heavy atom. The summed E-state index contributed by atoms with van der Waals surface area (Å²) in [4.78, 5) is 20.9. The highest BCUT2D eigenvalue weighted by Gasteiger charge is 2.24. The summed E-state index contributed by atoms with van der Waals surface area (Å²) in [5.74, 6) is 1.14. The van der Waals surface area contributed by atoms with E-state index in [9.17, 15) is 4.79 Å². The van der Waals surface area contributed by atoms with Gasteiger partial charge in [0.25, 0.3) is 0 Å². The van der Waals surface area contributed by atoms with Gasteiger partial charge in [0, 0.05) is 38.6 Å². The van der Waals surface area contributed by atoms with Crippen molar-refractivity contribution in [3.63, 3.8) is 0 Å². The minimum Gasteiger partial charge on any atom is -0.381 e. The molecule has 2 rings (SSSR count). The normalized spacial score (nSPS) is 17.3. The molecule has 1 aromatic rings. The highest BCUT2D eigenvalue weighted by Crippen LogP contribution is 2.17. The number of aromatic nitrogens is 2. The quantitative estimate of drug-likeness (QED) is 0.824. The van der Waals surface area contributed by atoms with E-state index in [0.717, 1.165) is 18.7 Å². The fraction of sp³-hybridized carbons (Fsp3) is 0.636. The van der Waals surface area contributed by atoms with Crippen molar-refractivity contribution >= 4 is 5.91 Å². The standard InChI is InChI=1S/C11H17N3O2/c1-14(8-10-12-4-5-13-10)11(15)9-2-6-16-7-3-9/h4-5,9H,2-3,6-8H2,1H3,(H,12,13). The van der Waals surface area contributed by atoms with E-state index in [1.165, 1.54) is 0 Å². The Morgan fingerprint density at radius 2 is 2.38 bits per heavy atom. The molecule has 1 aliphatic rings. The molecule has 0 saturated carbocycles. The van der Waals surface area contributed by atoms with E-state index in [1.807, 2.05) is 7.05 Å². The fourth-order valence-corrected chi connectivity index (χ4v) is 1.94. The van der Waals surface area contributed by atoms with Crippen LogP contribution in [0.15, 0.2) is 12.4 Å². The number of rotatable bonds is 3. The number of aromatic amines is 1. The van der Waals surface area contributed by atoms with Gasteiger partial charge in [0.05, 0.1) is 6.54 Å². The van der Waals surface area contributed by atoms with Gasteiger partial charge in [-0.2, -0.15) is 0 Å². The monoisotopic (exact) mass is 223 g/mol. The summed E-state index contributed by atoms with van der Waals surface area (Å²) in [5.41, 5.74) is 0. The highest BCUT2D eigenvalue weighted by atomic mass is 16.5. The number of hydrogen-bond acceptors (Lipinski definition) is 3. The first kappa shape index (κ1) is 11.1. The van der Waals surface area contributed by atoms with Crippen LogP contribution in [0.25, 0.3) is 0 Å². The van der Waals surface area contributed by atoms with E-state index in [-0.39, 0.29) is 11.8 Å². The van der Waals surface area contributed by atoms with Gasteiger partial charge >= 0.3 is 0 Å². The van der Waals surface area contributed by atoms with Crippen LogP contribution in [0.4, 0.5) is 0 Å². The first-order chi connectivity index (χ1) is 7.77. The number of nitrogens with zero attached hydrogens (tertiary/aromatic N) is 2. The summed E-state index contributed by atoms with van der Waals surface area (Å²) in [5, 5.41) is 0. The largest absolute Gasteiger partial charge is 0.381 e. The summed E-state index contributed by atoms with van der Waals surface area (Å²) >= 11 is 0. The Hall–Kier alpha value is -1.36. The molecule has 88 valence electrons. The number of carbonyl (C=O) groups excluding carboxylic acids is 1. The molecule has 1 saturated heterocycles. The topological polar surface area (TPSA) is 58.2 Å². The number of nitrogens with one attached hydrogen (secondary N) is 1. The van der Waals surface area contributed by atoms with Crippen LogP contribution in [0.3, 0.4) is 0 Å². The van der Waals surface area contributed by atoms with Crippen molar-refractivity contribution < 1.29 is 9.53 Å². The zero-order valence-corrected chi connectivity index (χ0v) is 9.48. The van der Waals surface area contributed by atoms with E-state index >= 15 is 0 Å². The van der Waals surface area contributed by atoms with Gasteiger partial charge in [-0.15, -0.1) is 0 Å². The third-order valence-electron chi connectivity index (χ3n) is 2.89. The minimum absolute atomic E-state index is 0.119. The summed E-state index contributed by atoms with van der Waals surface area (Å²) in [6.45, 7) is 1.94. The Bertz CT molecular complexity index is 331. The number of imidazole rings is 1. The predicted molar refractivity (Wildman–Crippen MR) is 58.6 cm³/mol. The molecule has 0 radical (unpaired) electrons. The van der Waals surface area contributed by atoms with Crippen LogP contribution in [-0.2, 0) is 16.1 Å². The van der Waals surface area contributed by atoms with Crippen molar-refractivity contribution in [1.29, 1.82) is 0 Å². The highest BCUT2D eigenvalue weighted by molar-refractivity contribution is 5.78. The average Bonchev–Trinajstić information content (AvgIpc) is 2.82. The van der Waals surface area contributed by atoms with Gasteiger partial charge in [0.15, 0.2) is 0 Å². The molecule has 1 aromatic heterocycles. The lowest BCUT2D eigenvalue weighted by molar-refractivity contribution is -0.137. The van der Waals surface area contributed by atoms with Crippen molar-refractivity contribution in [2.45, 2.75) is 19.4 Å². The third kappa shape index (κ3) is 2.61. The predicted octanol–water partition coefficient (Wildman–Crippen LogP) is 0.795.